The number of anilines is 2. The fourth-order valence-electron chi connectivity index (χ4n) is 5.49. The minimum absolute atomic E-state index is 0.167. The second-order valence-electron chi connectivity index (χ2n) is 10.3. The summed E-state index contributed by atoms with van der Waals surface area (Å²) in [7, 11) is 0. The van der Waals surface area contributed by atoms with Crippen molar-refractivity contribution < 1.29 is 9.90 Å². The lowest BCUT2D eigenvalue weighted by Crippen LogP contribution is -2.54. The maximum atomic E-state index is 13.8. The van der Waals surface area contributed by atoms with Gasteiger partial charge in [0.1, 0.15) is 11.6 Å². The van der Waals surface area contributed by atoms with E-state index >= 15 is 0 Å². The van der Waals surface area contributed by atoms with Crippen molar-refractivity contribution >= 4 is 40.4 Å². The number of carbonyl (C=O) groups is 1. The molecule has 2 fully saturated rings. The lowest BCUT2D eigenvalue weighted by molar-refractivity contribution is 0.136. The van der Waals surface area contributed by atoms with Gasteiger partial charge in [0.05, 0.1) is 16.1 Å². The van der Waals surface area contributed by atoms with Gasteiger partial charge in [-0.15, -0.1) is 0 Å². The van der Waals surface area contributed by atoms with E-state index in [1.54, 1.807) is 4.57 Å². The van der Waals surface area contributed by atoms with Crippen molar-refractivity contribution in [1.29, 1.82) is 0 Å². The summed E-state index contributed by atoms with van der Waals surface area (Å²) in [6.45, 7) is 8.96. The average Bonchev–Trinajstić information content (AvgIpc) is 2.88. The Labute approximate surface area is 221 Å². The van der Waals surface area contributed by atoms with Crippen molar-refractivity contribution in [2.75, 3.05) is 42.5 Å². The van der Waals surface area contributed by atoms with Gasteiger partial charge in [-0.3, -0.25) is 0 Å². The van der Waals surface area contributed by atoms with E-state index in [4.69, 9.17) is 16.6 Å². The molecule has 196 valence electrons. The third kappa shape index (κ3) is 4.72. The molecular weight excluding hydrogens is 492 g/mol. The molecule has 4 heterocycles. The number of aromatic nitrogens is 3. The number of para-hydroxylation sites is 1. The van der Waals surface area contributed by atoms with Crippen molar-refractivity contribution in [3.05, 3.63) is 51.4 Å². The Morgan fingerprint density at radius 3 is 2.46 bits per heavy atom. The van der Waals surface area contributed by atoms with Crippen LogP contribution in [-0.2, 0) is 0 Å². The molecule has 0 saturated carbocycles. The van der Waals surface area contributed by atoms with Gasteiger partial charge in [-0.25, -0.2) is 19.1 Å². The summed E-state index contributed by atoms with van der Waals surface area (Å²) in [5, 5.41) is 10.7. The van der Waals surface area contributed by atoms with Gasteiger partial charge in [0.25, 0.3) is 0 Å². The summed E-state index contributed by atoms with van der Waals surface area (Å²) in [6.07, 6.45) is 2.39. The number of pyridine rings is 1. The Bertz CT molecular complexity index is 1380. The van der Waals surface area contributed by atoms with E-state index in [2.05, 4.69) is 23.7 Å². The van der Waals surface area contributed by atoms with Crippen LogP contribution in [0, 0.1) is 0 Å². The number of piperazine rings is 1. The average molecular weight is 525 g/mol. The zero-order valence-corrected chi connectivity index (χ0v) is 22.3. The molecule has 37 heavy (non-hydrogen) atoms. The molecule has 9 nitrogen and oxygen atoms in total. The van der Waals surface area contributed by atoms with E-state index < -0.39 is 11.8 Å². The lowest BCUT2D eigenvalue weighted by atomic mass is 10.0. The minimum atomic E-state index is -0.944. The molecule has 2 aliphatic heterocycles. The first-order valence-electron chi connectivity index (χ1n) is 13.0. The zero-order valence-electron chi connectivity index (χ0n) is 21.5. The molecule has 1 atom stereocenters. The van der Waals surface area contributed by atoms with Crippen molar-refractivity contribution in [2.45, 2.75) is 52.0 Å². The van der Waals surface area contributed by atoms with Crippen molar-refractivity contribution in [3.8, 4) is 5.69 Å². The van der Waals surface area contributed by atoms with Crippen molar-refractivity contribution in [3.63, 3.8) is 0 Å². The molecular formula is C27H33ClN6O3. The van der Waals surface area contributed by atoms with Crippen LogP contribution in [0.15, 0.2) is 35.1 Å². The number of hydrogen-bond donors (Lipinski definition) is 1. The molecule has 1 aromatic carbocycles. The van der Waals surface area contributed by atoms with Crippen LogP contribution in [0.25, 0.3) is 16.7 Å². The van der Waals surface area contributed by atoms with Gasteiger partial charge < -0.3 is 19.8 Å². The monoisotopic (exact) mass is 524 g/mol. The van der Waals surface area contributed by atoms with Crippen LogP contribution in [0.2, 0.25) is 5.02 Å². The van der Waals surface area contributed by atoms with Crippen LogP contribution in [0.4, 0.5) is 16.4 Å². The van der Waals surface area contributed by atoms with Crippen molar-refractivity contribution in [2.24, 2.45) is 0 Å². The number of rotatable bonds is 4. The molecule has 0 aliphatic carbocycles. The Morgan fingerprint density at radius 1 is 1.05 bits per heavy atom. The normalized spacial score (nSPS) is 18.6. The second kappa shape index (κ2) is 10.2. The van der Waals surface area contributed by atoms with Crippen LogP contribution in [0.5, 0.6) is 0 Å². The smallest absolute Gasteiger partial charge is 0.407 e. The predicted octanol–water partition coefficient (Wildman–Crippen LogP) is 4.74. The summed E-state index contributed by atoms with van der Waals surface area (Å²) in [5.41, 5.74) is 1.89. The predicted molar refractivity (Wildman–Crippen MR) is 147 cm³/mol. The molecule has 10 heteroatoms. The highest BCUT2D eigenvalue weighted by Crippen LogP contribution is 2.35. The van der Waals surface area contributed by atoms with E-state index in [1.807, 2.05) is 42.2 Å². The molecule has 5 rings (SSSR count). The van der Waals surface area contributed by atoms with E-state index in [1.165, 1.54) is 11.3 Å². The van der Waals surface area contributed by atoms with Gasteiger partial charge in [-0.05, 0) is 49.8 Å². The van der Waals surface area contributed by atoms with Gasteiger partial charge in [-0.1, -0.05) is 43.6 Å². The van der Waals surface area contributed by atoms with Crippen LogP contribution in [-0.4, -0.2) is 69.4 Å². The van der Waals surface area contributed by atoms with E-state index in [0.717, 1.165) is 37.2 Å². The highest BCUT2D eigenvalue weighted by atomic mass is 35.5. The number of nitrogens with zero attached hydrogens (tertiary/aromatic N) is 6. The van der Waals surface area contributed by atoms with Gasteiger partial charge in [-0.2, -0.15) is 4.98 Å². The largest absolute Gasteiger partial charge is 0.465 e. The SMILES string of the molecule is CC(C)c1ccccc1-n1c(=O)nc(N2CCN(C(=O)O)CC2C)c2cc(Cl)c(N3CCCCC3)nc21. The summed E-state index contributed by atoms with van der Waals surface area (Å²) in [4.78, 5) is 40.5. The van der Waals surface area contributed by atoms with E-state index in [-0.39, 0.29) is 12.0 Å². The maximum absolute atomic E-state index is 13.8. The number of amides is 1. The molecule has 1 amide bonds. The topological polar surface area (TPSA) is 94.8 Å². The Hall–Kier alpha value is -3.33. The van der Waals surface area contributed by atoms with Crippen LogP contribution in [0.3, 0.4) is 0 Å². The standard InChI is InChI=1S/C27H33ClN6O3/c1-17(2)19-9-5-6-10-22(19)34-24-20(15-21(28)25(29-24)31-11-7-4-8-12-31)23(30-26(34)35)33-14-13-32(27(36)37)16-18(33)3/h5-6,9-10,15,17-18H,4,7-8,11-14,16H2,1-3H3,(H,36,37). The van der Waals surface area contributed by atoms with E-state index in [9.17, 15) is 14.7 Å². The fraction of sp³-hybridized carbons (Fsp3) is 0.481. The number of carboxylic acid groups (broad SMARTS) is 1. The van der Waals surface area contributed by atoms with E-state index in [0.29, 0.717) is 47.3 Å². The molecule has 1 N–H and O–H groups in total. The first-order chi connectivity index (χ1) is 17.8. The fourth-order valence-corrected chi connectivity index (χ4v) is 5.76. The number of piperidine rings is 1. The van der Waals surface area contributed by atoms with Crippen LogP contribution in [0.1, 0.15) is 51.5 Å². The van der Waals surface area contributed by atoms with Gasteiger partial charge in [0, 0.05) is 38.8 Å². The maximum Gasteiger partial charge on any atom is 0.407 e. The highest BCUT2D eigenvalue weighted by Gasteiger charge is 2.31. The van der Waals surface area contributed by atoms with Gasteiger partial charge in [0.15, 0.2) is 5.65 Å². The molecule has 2 aromatic heterocycles. The molecule has 1 unspecified atom stereocenters. The van der Waals surface area contributed by atoms with Crippen molar-refractivity contribution in [1.82, 2.24) is 19.4 Å². The number of benzene rings is 1. The zero-order chi connectivity index (χ0) is 26.3. The summed E-state index contributed by atoms with van der Waals surface area (Å²) in [6, 6.07) is 9.56. The lowest BCUT2D eigenvalue weighted by Gasteiger charge is -2.39. The third-order valence-corrected chi connectivity index (χ3v) is 7.69. The Morgan fingerprint density at radius 2 is 1.78 bits per heavy atom. The van der Waals surface area contributed by atoms with Crippen LogP contribution < -0.4 is 15.5 Å². The molecule has 0 radical (unpaired) electrons. The third-order valence-electron chi connectivity index (χ3n) is 7.41. The summed E-state index contributed by atoms with van der Waals surface area (Å²) >= 11 is 6.84. The highest BCUT2D eigenvalue weighted by molar-refractivity contribution is 6.33. The van der Waals surface area contributed by atoms with Crippen LogP contribution >= 0.6 is 11.6 Å². The number of hydrogen-bond acceptors (Lipinski definition) is 6. The molecule has 0 spiro atoms. The Kier molecular flexibility index (Phi) is 6.98. The number of fused-ring (bicyclic) bond motifs is 1. The summed E-state index contributed by atoms with van der Waals surface area (Å²) in [5.74, 6) is 1.37. The first-order valence-corrected chi connectivity index (χ1v) is 13.4. The molecule has 0 bridgehead atoms. The molecule has 2 aliphatic rings. The molecule has 2 saturated heterocycles. The van der Waals surface area contributed by atoms with Gasteiger partial charge in [0.2, 0.25) is 0 Å². The quantitative estimate of drug-likeness (QED) is 0.527. The molecule has 3 aromatic rings. The number of halogens is 1. The van der Waals surface area contributed by atoms with Gasteiger partial charge >= 0.3 is 11.8 Å². The second-order valence-corrected chi connectivity index (χ2v) is 10.7. The summed E-state index contributed by atoms with van der Waals surface area (Å²) < 4.78 is 1.61. The minimum Gasteiger partial charge on any atom is -0.465 e. The first kappa shape index (κ1) is 25.3. The Balaban J connectivity index is 1.74.